The Hall–Kier alpha value is -0.610. The van der Waals surface area contributed by atoms with Crippen LogP contribution < -0.4 is 10.6 Å². The van der Waals surface area contributed by atoms with Gasteiger partial charge in [0, 0.05) is 19.1 Å². The van der Waals surface area contributed by atoms with Crippen LogP contribution in [0.2, 0.25) is 0 Å². The fourth-order valence-corrected chi connectivity index (χ4v) is 3.02. The fourth-order valence-electron chi connectivity index (χ4n) is 3.02. The van der Waals surface area contributed by atoms with E-state index in [2.05, 4.69) is 22.5 Å². The highest BCUT2D eigenvalue weighted by Gasteiger charge is 2.21. The first-order valence-electron chi connectivity index (χ1n) is 7.52. The Balaban J connectivity index is 1.56. The van der Waals surface area contributed by atoms with Gasteiger partial charge < -0.3 is 15.5 Å². The van der Waals surface area contributed by atoms with Crippen LogP contribution in [0.5, 0.6) is 0 Å². The molecule has 0 aromatic carbocycles. The van der Waals surface area contributed by atoms with Crippen LogP contribution in [-0.4, -0.2) is 49.1 Å². The summed E-state index contributed by atoms with van der Waals surface area (Å²) in [6.45, 7) is 6.49. The lowest BCUT2D eigenvalue weighted by atomic mass is 10.0. The molecular formula is C14H27N3O. The predicted molar refractivity (Wildman–Crippen MR) is 73.5 cm³/mol. The van der Waals surface area contributed by atoms with Gasteiger partial charge in [0.1, 0.15) is 0 Å². The van der Waals surface area contributed by atoms with Gasteiger partial charge in [-0.15, -0.1) is 0 Å². The summed E-state index contributed by atoms with van der Waals surface area (Å²) < 4.78 is 0. The largest absolute Gasteiger partial charge is 0.355 e. The first kappa shape index (κ1) is 13.8. The highest BCUT2D eigenvalue weighted by atomic mass is 16.2. The number of hydrogen-bond acceptors (Lipinski definition) is 3. The lowest BCUT2D eigenvalue weighted by Gasteiger charge is -2.33. The van der Waals surface area contributed by atoms with Crippen molar-refractivity contribution in [3.8, 4) is 0 Å². The summed E-state index contributed by atoms with van der Waals surface area (Å²) in [6, 6.07) is 0.796. The molecule has 2 aliphatic heterocycles. The van der Waals surface area contributed by atoms with Gasteiger partial charge in [0.25, 0.3) is 0 Å². The van der Waals surface area contributed by atoms with Gasteiger partial charge in [-0.1, -0.05) is 6.42 Å². The molecule has 2 aliphatic rings. The van der Waals surface area contributed by atoms with Crippen molar-refractivity contribution in [3.63, 3.8) is 0 Å². The molecule has 0 aromatic rings. The van der Waals surface area contributed by atoms with Crippen molar-refractivity contribution in [1.29, 1.82) is 0 Å². The molecule has 4 nitrogen and oxygen atoms in total. The average Bonchev–Trinajstić information content (AvgIpc) is 2.90. The van der Waals surface area contributed by atoms with E-state index in [0.29, 0.717) is 0 Å². The molecule has 2 rings (SSSR count). The second-order valence-corrected chi connectivity index (χ2v) is 5.67. The van der Waals surface area contributed by atoms with E-state index in [4.69, 9.17) is 0 Å². The number of nitrogens with one attached hydrogen (secondary N) is 2. The van der Waals surface area contributed by atoms with E-state index < -0.39 is 0 Å². The van der Waals surface area contributed by atoms with Crippen LogP contribution in [0, 0.1) is 0 Å². The maximum Gasteiger partial charge on any atom is 0.237 e. The summed E-state index contributed by atoms with van der Waals surface area (Å²) >= 11 is 0. The van der Waals surface area contributed by atoms with E-state index in [1.54, 1.807) is 0 Å². The van der Waals surface area contributed by atoms with Crippen molar-refractivity contribution in [2.24, 2.45) is 0 Å². The molecule has 18 heavy (non-hydrogen) atoms. The van der Waals surface area contributed by atoms with Crippen molar-refractivity contribution in [3.05, 3.63) is 0 Å². The molecule has 0 bridgehead atoms. The van der Waals surface area contributed by atoms with E-state index in [1.165, 1.54) is 25.8 Å². The maximum absolute atomic E-state index is 11.8. The minimum Gasteiger partial charge on any atom is -0.355 e. The Kier molecular flexibility index (Phi) is 5.45. The Morgan fingerprint density at radius 2 is 2.22 bits per heavy atom. The zero-order valence-electron chi connectivity index (χ0n) is 11.6. The molecule has 4 heteroatoms. The predicted octanol–water partition coefficient (Wildman–Crippen LogP) is 1.12. The van der Waals surface area contributed by atoms with Crippen LogP contribution >= 0.6 is 0 Å². The summed E-state index contributed by atoms with van der Waals surface area (Å²) in [4.78, 5) is 14.3. The normalized spacial score (nSPS) is 29.4. The Morgan fingerprint density at radius 3 is 2.94 bits per heavy atom. The van der Waals surface area contributed by atoms with Crippen molar-refractivity contribution in [1.82, 2.24) is 15.5 Å². The van der Waals surface area contributed by atoms with E-state index in [0.717, 1.165) is 44.9 Å². The topological polar surface area (TPSA) is 44.4 Å². The second-order valence-electron chi connectivity index (χ2n) is 5.67. The number of carbonyl (C=O) groups excluding carboxylic acids is 1. The Morgan fingerprint density at radius 1 is 1.33 bits per heavy atom. The molecular weight excluding hydrogens is 226 g/mol. The van der Waals surface area contributed by atoms with Crippen molar-refractivity contribution < 1.29 is 4.79 Å². The number of nitrogens with zero attached hydrogens (tertiary/aromatic N) is 1. The molecule has 0 aromatic heterocycles. The van der Waals surface area contributed by atoms with E-state index >= 15 is 0 Å². The van der Waals surface area contributed by atoms with Crippen LogP contribution in [0.1, 0.15) is 45.4 Å². The van der Waals surface area contributed by atoms with E-state index in [1.807, 2.05) is 0 Å². The molecule has 2 saturated heterocycles. The monoisotopic (exact) mass is 253 g/mol. The molecule has 0 spiro atoms. The molecule has 0 aliphatic carbocycles. The number of hydrogen-bond donors (Lipinski definition) is 2. The minimum atomic E-state index is 0.0684. The van der Waals surface area contributed by atoms with Gasteiger partial charge >= 0.3 is 0 Å². The van der Waals surface area contributed by atoms with E-state index in [9.17, 15) is 4.79 Å². The standard InChI is InChI=1S/C14H27N3O/c1-12-6-2-3-10-17(12)11-5-9-16-14(18)13-7-4-8-15-13/h12-13,15H,2-11H2,1H3,(H,16,18)/t12?,13-/m1/s1. The van der Waals surface area contributed by atoms with Gasteiger partial charge in [0.2, 0.25) is 5.91 Å². The third-order valence-electron chi connectivity index (χ3n) is 4.24. The van der Waals surface area contributed by atoms with Gasteiger partial charge in [0.05, 0.1) is 6.04 Å². The molecule has 2 atom stereocenters. The quantitative estimate of drug-likeness (QED) is 0.722. The average molecular weight is 253 g/mol. The first-order chi connectivity index (χ1) is 8.77. The van der Waals surface area contributed by atoms with Gasteiger partial charge in [-0.25, -0.2) is 0 Å². The molecule has 0 radical (unpaired) electrons. The number of carbonyl (C=O) groups is 1. The number of piperidine rings is 1. The van der Waals surface area contributed by atoms with Crippen molar-refractivity contribution in [2.75, 3.05) is 26.2 Å². The van der Waals surface area contributed by atoms with Crippen LogP contribution in [-0.2, 0) is 4.79 Å². The van der Waals surface area contributed by atoms with Gasteiger partial charge in [0.15, 0.2) is 0 Å². The van der Waals surface area contributed by atoms with Gasteiger partial charge in [-0.3, -0.25) is 4.79 Å². The third-order valence-corrected chi connectivity index (χ3v) is 4.24. The maximum atomic E-state index is 11.8. The molecule has 2 fully saturated rings. The SMILES string of the molecule is CC1CCCCN1CCCNC(=O)[C@H]1CCCN1. The lowest BCUT2D eigenvalue weighted by molar-refractivity contribution is -0.122. The number of amides is 1. The van der Waals surface area contributed by atoms with Crippen LogP contribution in [0.15, 0.2) is 0 Å². The second kappa shape index (κ2) is 7.10. The Labute approximate surface area is 110 Å². The van der Waals surface area contributed by atoms with Crippen LogP contribution in [0.25, 0.3) is 0 Å². The van der Waals surface area contributed by atoms with Gasteiger partial charge in [-0.05, 0) is 52.1 Å². The highest BCUT2D eigenvalue weighted by Crippen LogP contribution is 2.16. The summed E-state index contributed by atoms with van der Waals surface area (Å²) in [5.41, 5.74) is 0. The zero-order valence-corrected chi connectivity index (χ0v) is 11.6. The van der Waals surface area contributed by atoms with Crippen LogP contribution in [0.3, 0.4) is 0 Å². The number of likely N-dealkylation sites (tertiary alicyclic amines) is 1. The molecule has 2 heterocycles. The lowest BCUT2D eigenvalue weighted by Crippen LogP contribution is -2.42. The fraction of sp³-hybridized carbons (Fsp3) is 0.929. The molecule has 1 unspecified atom stereocenters. The van der Waals surface area contributed by atoms with Crippen molar-refractivity contribution in [2.45, 2.75) is 57.5 Å². The summed E-state index contributed by atoms with van der Waals surface area (Å²) in [5.74, 6) is 0.194. The third kappa shape index (κ3) is 3.95. The van der Waals surface area contributed by atoms with E-state index in [-0.39, 0.29) is 11.9 Å². The highest BCUT2D eigenvalue weighted by molar-refractivity contribution is 5.81. The smallest absolute Gasteiger partial charge is 0.237 e. The molecule has 1 amide bonds. The summed E-state index contributed by atoms with van der Waals surface area (Å²) in [5, 5.41) is 6.28. The minimum absolute atomic E-state index is 0.0684. The molecule has 104 valence electrons. The van der Waals surface area contributed by atoms with Crippen LogP contribution in [0.4, 0.5) is 0 Å². The molecule has 2 N–H and O–H groups in total. The first-order valence-corrected chi connectivity index (χ1v) is 7.52. The molecule has 0 saturated carbocycles. The summed E-state index contributed by atoms with van der Waals surface area (Å²) in [7, 11) is 0. The summed E-state index contributed by atoms with van der Waals surface area (Å²) in [6.07, 6.45) is 7.24. The zero-order chi connectivity index (χ0) is 12.8. The van der Waals surface area contributed by atoms with Gasteiger partial charge in [-0.2, -0.15) is 0 Å². The number of rotatable bonds is 5. The van der Waals surface area contributed by atoms with Crippen molar-refractivity contribution >= 4 is 5.91 Å². The Bertz CT molecular complexity index is 264.